The van der Waals surface area contributed by atoms with Gasteiger partial charge in [0, 0.05) is 65.6 Å². The van der Waals surface area contributed by atoms with E-state index >= 15 is 0 Å². The summed E-state index contributed by atoms with van der Waals surface area (Å²) in [5, 5.41) is 7.11. The fraction of sp³-hybridized carbons (Fsp3) is 0.0638. The molecule has 0 atom stereocenters. The molecule has 0 unspecified atom stereocenters. The normalized spacial score (nSPS) is 13.4. The summed E-state index contributed by atoms with van der Waals surface area (Å²) < 4.78 is 7.29. The van der Waals surface area contributed by atoms with Gasteiger partial charge in [0.1, 0.15) is 0 Å². The van der Waals surface area contributed by atoms with Crippen LogP contribution >= 0.6 is 0 Å². The van der Waals surface area contributed by atoms with Crippen LogP contribution in [0, 0.1) is 0 Å². The van der Waals surface area contributed by atoms with E-state index in [2.05, 4.69) is 363 Å². The maximum absolute atomic E-state index is 5.71. The second-order valence-electron chi connectivity index (χ2n) is 28.1. The molecule has 0 radical (unpaired) electrons. The maximum Gasteiger partial charge on any atom is 0.235 e. The van der Waals surface area contributed by atoms with Crippen LogP contribution < -0.4 is 0 Å². The molecule has 0 fully saturated rings. The quantitative estimate of drug-likeness (QED) is 0.144. The van der Waals surface area contributed by atoms with Gasteiger partial charge in [-0.3, -0.25) is 4.57 Å². The molecule has 0 bridgehead atoms. The number of rotatable bonds is 9. The number of hydrogen-bond donors (Lipinski definition) is 0. The minimum atomic E-state index is -0.144. The third-order valence-electron chi connectivity index (χ3n) is 21.9. The van der Waals surface area contributed by atoms with Crippen molar-refractivity contribution in [2.75, 3.05) is 0 Å². The Morgan fingerprint density at radius 1 is 0.212 bits per heavy atom. The lowest BCUT2D eigenvalue weighted by molar-refractivity contribution is 0.660. The lowest BCUT2D eigenvalue weighted by atomic mass is 9.82. The molecular weight excluding hydrogens is 1200 g/mol. The number of fused-ring (bicyclic) bond motifs is 15. The van der Waals surface area contributed by atoms with Crippen LogP contribution in [-0.4, -0.2) is 23.7 Å². The van der Waals surface area contributed by atoms with Gasteiger partial charge in [-0.25, -0.2) is 9.97 Å². The van der Waals surface area contributed by atoms with Crippen molar-refractivity contribution in [3.05, 3.63) is 344 Å². The van der Waals surface area contributed by atoms with E-state index in [9.17, 15) is 0 Å². The molecule has 99 heavy (non-hydrogen) atoms. The molecule has 4 heterocycles. The van der Waals surface area contributed by atoms with Gasteiger partial charge < -0.3 is 9.13 Å². The zero-order valence-corrected chi connectivity index (χ0v) is 55.3. The minimum Gasteiger partial charge on any atom is -0.309 e. The van der Waals surface area contributed by atoms with E-state index in [0.29, 0.717) is 5.95 Å². The molecule has 4 aromatic heterocycles. The zero-order chi connectivity index (χ0) is 65.8. The van der Waals surface area contributed by atoms with Gasteiger partial charge in [-0.15, -0.1) is 0 Å². The van der Waals surface area contributed by atoms with Crippen molar-refractivity contribution >= 4 is 65.4 Å². The molecule has 466 valence electrons. The van der Waals surface area contributed by atoms with Gasteiger partial charge in [0.2, 0.25) is 5.95 Å². The number of benzene rings is 14. The van der Waals surface area contributed by atoms with Crippen molar-refractivity contribution in [3.8, 4) is 107 Å². The molecule has 2 aliphatic rings. The fourth-order valence-corrected chi connectivity index (χ4v) is 16.9. The minimum absolute atomic E-state index is 0.144. The predicted octanol–water partition coefficient (Wildman–Crippen LogP) is 24.4. The van der Waals surface area contributed by atoms with Crippen LogP contribution in [0.25, 0.3) is 172 Å². The van der Waals surface area contributed by atoms with E-state index in [-0.39, 0.29) is 10.8 Å². The summed E-state index contributed by atoms with van der Waals surface area (Å²) in [6, 6.07) is 119. The van der Waals surface area contributed by atoms with Crippen molar-refractivity contribution in [3.63, 3.8) is 0 Å². The van der Waals surface area contributed by atoms with Crippen LogP contribution in [0.4, 0.5) is 0 Å². The van der Waals surface area contributed by atoms with E-state index in [1.165, 1.54) is 88.2 Å². The average molecular weight is 1260 g/mol. The molecule has 5 heteroatoms. The summed E-state index contributed by atoms with van der Waals surface area (Å²) in [6.45, 7) is 9.47. The third kappa shape index (κ3) is 8.73. The van der Waals surface area contributed by atoms with Crippen LogP contribution in [0.5, 0.6) is 0 Å². The molecule has 0 N–H and O–H groups in total. The van der Waals surface area contributed by atoms with Crippen molar-refractivity contribution < 1.29 is 0 Å². The first-order valence-corrected chi connectivity index (χ1v) is 34.4. The molecular formula is C94H65N5. The molecule has 0 spiro atoms. The highest BCUT2D eigenvalue weighted by atomic mass is 15.2. The van der Waals surface area contributed by atoms with Gasteiger partial charge in [-0.2, -0.15) is 0 Å². The summed E-state index contributed by atoms with van der Waals surface area (Å²) in [4.78, 5) is 11.4. The van der Waals surface area contributed by atoms with Crippen molar-refractivity contribution in [2.45, 2.75) is 38.5 Å². The molecule has 14 aromatic carbocycles. The van der Waals surface area contributed by atoms with Crippen LogP contribution in [0.3, 0.4) is 0 Å². The van der Waals surface area contributed by atoms with E-state index in [4.69, 9.17) is 9.97 Å². The van der Waals surface area contributed by atoms with Gasteiger partial charge in [-0.05, 0) is 156 Å². The monoisotopic (exact) mass is 1260 g/mol. The Labute approximate surface area is 574 Å². The van der Waals surface area contributed by atoms with E-state index in [0.717, 1.165) is 100 Å². The lowest BCUT2D eigenvalue weighted by Crippen LogP contribution is -2.15. The topological polar surface area (TPSA) is 40.6 Å². The van der Waals surface area contributed by atoms with Crippen LogP contribution in [-0.2, 0) is 10.8 Å². The van der Waals surface area contributed by atoms with Gasteiger partial charge in [0.25, 0.3) is 0 Å². The Bertz CT molecular complexity index is 5990. The first-order chi connectivity index (χ1) is 48.6. The fourth-order valence-electron chi connectivity index (χ4n) is 16.9. The molecule has 2 aliphatic carbocycles. The highest BCUT2D eigenvalue weighted by Gasteiger charge is 2.37. The highest BCUT2D eigenvalue weighted by molar-refractivity contribution is 6.14. The molecule has 18 aromatic rings. The van der Waals surface area contributed by atoms with Gasteiger partial charge >= 0.3 is 0 Å². The van der Waals surface area contributed by atoms with Crippen molar-refractivity contribution in [1.29, 1.82) is 0 Å². The van der Waals surface area contributed by atoms with Crippen molar-refractivity contribution in [2.24, 2.45) is 0 Å². The zero-order valence-electron chi connectivity index (χ0n) is 55.3. The Balaban J connectivity index is 0.794. The van der Waals surface area contributed by atoms with Gasteiger partial charge in [-0.1, -0.05) is 282 Å². The largest absolute Gasteiger partial charge is 0.309 e. The van der Waals surface area contributed by atoms with Gasteiger partial charge in [0.15, 0.2) is 0 Å². The van der Waals surface area contributed by atoms with Crippen LogP contribution in [0.1, 0.15) is 49.9 Å². The standard InChI is InChI=1S/C94H65N5/c1-93(2)80-27-15-11-23-70(80)72-49-43-68(55-82(72)93)97-86-29-17-13-25-74(86)76-45-39-64(51-88(76)97)66-41-47-78-79-48-42-67(65-40-46-77-75-26-14-18-30-87(75)98(89(77)52-65)69-44-50-73-71-24-12-16-28-81(71)94(3,4)83(73)56-69)54-91(79)99(90(78)53-66)92-95-84(62-35-31-60(32-36-62)58-19-7-5-8-20-58)57-85(96-92)63-37-33-61(34-38-63)59-21-9-6-10-22-59/h5-57H,1-4H3. The number of para-hydroxylation sites is 2. The third-order valence-corrected chi connectivity index (χ3v) is 21.9. The Morgan fingerprint density at radius 2 is 0.515 bits per heavy atom. The first kappa shape index (κ1) is 56.9. The molecule has 0 saturated carbocycles. The summed E-state index contributed by atoms with van der Waals surface area (Å²) >= 11 is 0. The van der Waals surface area contributed by atoms with E-state index in [1.54, 1.807) is 0 Å². The smallest absolute Gasteiger partial charge is 0.235 e. The number of aromatic nitrogens is 5. The van der Waals surface area contributed by atoms with Crippen LogP contribution in [0.15, 0.2) is 322 Å². The predicted molar refractivity (Wildman–Crippen MR) is 413 cm³/mol. The number of hydrogen-bond acceptors (Lipinski definition) is 2. The SMILES string of the molecule is CC1(C)c2ccccc2-c2ccc(-n3c4ccccc4c4ccc(-c5ccc6c7ccc(-c8ccc9c%10ccccc%10n(-c%10ccc%11c(c%10)C(C)(C)c%10ccccc%10-%11)c9c8)cc7n(-c7nc(-c8ccc(-c9ccccc9)cc8)cc(-c8ccc(-c9ccccc9)cc8)n7)c6c5)cc43)cc21. The molecule has 5 nitrogen and oxygen atoms in total. The molecule has 0 aliphatic heterocycles. The molecule has 20 rings (SSSR count). The second kappa shape index (κ2) is 21.5. The summed E-state index contributed by atoms with van der Waals surface area (Å²) in [7, 11) is 0. The summed E-state index contributed by atoms with van der Waals surface area (Å²) in [5.41, 5.74) is 32.2. The molecule has 0 amide bonds. The van der Waals surface area contributed by atoms with Crippen molar-refractivity contribution in [1.82, 2.24) is 23.7 Å². The Morgan fingerprint density at radius 3 is 0.919 bits per heavy atom. The van der Waals surface area contributed by atoms with E-state index < -0.39 is 0 Å². The molecule has 0 saturated heterocycles. The Hall–Kier alpha value is -12.4. The summed E-state index contributed by atoms with van der Waals surface area (Å²) in [6.07, 6.45) is 0. The summed E-state index contributed by atoms with van der Waals surface area (Å²) in [5.74, 6) is 0.589. The maximum atomic E-state index is 5.71. The number of nitrogens with zero attached hydrogens (tertiary/aromatic N) is 5. The highest BCUT2D eigenvalue weighted by Crippen LogP contribution is 2.52. The van der Waals surface area contributed by atoms with E-state index in [1.807, 2.05) is 0 Å². The van der Waals surface area contributed by atoms with Gasteiger partial charge in [0.05, 0.1) is 44.5 Å². The van der Waals surface area contributed by atoms with Crippen LogP contribution in [0.2, 0.25) is 0 Å². The Kier molecular flexibility index (Phi) is 12.4. The first-order valence-electron chi connectivity index (χ1n) is 34.4. The second-order valence-corrected chi connectivity index (χ2v) is 28.1. The lowest BCUT2D eigenvalue weighted by Gasteiger charge is -2.22. The average Bonchev–Trinajstić information content (AvgIpc) is 1.58.